The van der Waals surface area contributed by atoms with Crippen LogP contribution in [-0.4, -0.2) is 34.7 Å². The molecule has 0 radical (unpaired) electrons. The van der Waals surface area contributed by atoms with Gasteiger partial charge in [-0.05, 0) is 25.2 Å². The molecule has 2 aliphatic rings. The highest BCUT2D eigenvalue weighted by atomic mass is 32.2. The molecule has 0 saturated carbocycles. The second-order valence-corrected chi connectivity index (χ2v) is 7.55. The molecule has 100 valence electrons. The van der Waals surface area contributed by atoms with E-state index in [1.807, 2.05) is 4.68 Å². The number of rotatable bonds is 2. The monoisotopic (exact) mass is 270 g/mol. The summed E-state index contributed by atoms with van der Waals surface area (Å²) in [5.41, 5.74) is 5.98. The van der Waals surface area contributed by atoms with Crippen LogP contribution in [-0.2, 0) is 22.7 Å². The molecule has 3 rings (SSSR count). The zero-order valence-electron chi connectivity index (χ0n) is 10.2. The Bertz CT molecular complexity index is 551. The highest BCUT2D eigenvalue weighted by molar-refractivity contribution is 7.91. The summed E-state index contributed by atoms with van der Waals surface area (Å²) in [4.78, 5) is 4.49. The van der Waals surface area contributed by atoms with Gasteiger partial charge in [0.1, 0.15) is 12.0 Å². The Hall–Kier alpha value is -0.950. The molecule has 1 saturated heterocycles. The Labute approximate surface area is 106 Å². The van der Waals surface area contributed by atoms with Crippen molar-refractivity contribution in [3.63, 3.8) is 0 Å². The van der Waals surface area contributed by atoms with Crippen LogP contribution in [0.3, 0.4) is 0 Å². The van der Waals surface area contributed by atoms with Crippen LogP contribution in [0.5, 0.6) is 0 Å². The van der Waals surface area contributed by atoms with Crippen molar-refractivity contribution in [2.75, 3.05) is 11.5 Å². The SMILES string of the molecule is NC1CCCc2nc(CC3CCS(=O)(=O)C3)nn21. The molecule has 0 spiro atoms. The molecule has 1 aromatic heterocycles. The lowest BCUT2D eigenvalue weighted by Gasteiger charge is -2.18. The van der Waals surface area contributed by atoms with Crippen molar-refractivity contribution in [3.8, 4) is 0 Å². The quantitative estimate of drug-likeness (QED) is 0.820. The highest BCUT2D eigenvalue weighted by Gasteiger charge is 2.29. The first-order valence-corrected chi connectivity index (χ1v) is 8.26. The van der Waals surface area contributed by atoms with Gasteiger partial charge >= 0.3 is 0 Å². The molecule has 2 N–H and O–H groups in total. The molecule has 0 amide bonds. The predicted octanol–water partition coefficient (Wildman–Crippen LogP) is 0.0489. The summed E-state index contributed by atoms with van der Waals surface area (Å²) >= 11 is 0. The molecular formula is C11H18N4O2S. The van der Waals surface area contributed by atoms with Crippen LogP contribution in [0.2, 0.25) is 0 Å². The Morgan fingerprint density at radius 2 is 2.22 bits per heavy atom. The number of fused-ring (bicyclic) bond motifs is 1. The molecule has 0 aromatic carbocycles. The molecule has 0 aliphatic carbocycles. The number of aromatic nitrogens is 3. The van der Waals surface area contributed by atoms with Crippen molar-refractivity contribution in [2.24, 2.45) is 11.7 Å². The van der Waals surface area contributed by atoms with Gasteiger partial charge in [-0.15, -0.1) is 0 Å². The van der Waals surface area contributed by atoms with Crippen LogP contribution in [0.1, 0.15) is 37.1 Å². The Morgan fingerprint density at radius 3 is 2.89 bits per heavy atom. The molecule has 7 heteroatoms. The average Bonchev–Trinajstić information content (AvgIpc) is 2.83. The van der Waals surface area contributed by atoms with E-state index >= 15 is 0 Å². The molecule has 3 heterocycles. The maximum absolute atomic E-state index is 11.4. The molecule has 18 heavy (non-hydrogen) atoms. The van der Waals surface area contributed by atoms with Crippen LogP contribution >= 0.6 is 0 Å². The fraction of sp³-hybridized carbons (Fsp3) is 0.818. The summed E-state index contributed by atoms with van der Waals surface area (Å²) < 4.78 is 24.6. The van der Waals surface area contributed by atoms with E-state index in [0.717, 1.165) is 37.3 Å². The summed E-state index contributed by atoms with van der Waals surface area (Å²) in [6.07, 6.45) is 4.24. The maximum atomic E-state index is 11.4. The highest BCUT2D eigenvalue weighted by Crippen LogP contribution is 2.23. The standard InChI is InChI=1S/C11H18N4O2S/c12-9-2-1-3-11-13-10(14-15(9)11)6-8-4-5-18(16,17)7-8/h8-9H,1-7,12H2. The van der Waals surface area contributed by atoms with Crippen molar-refractivity contribution in [3.05, 3.63) is 11.6 Å². The zero-order valence-corrected chi connectivity index (χ0v) is 11.1. The van der Waals surface area contributed by atoms with E-state index in [2.05, 4.69) is 10.1 Å². The third kappa shape index (κ3) is 2.29. The summed E-state index contributed by atoms with van der Waals surface area (Å²) in [6, 6.07) is 0. The van der Waals surface area contributed by atoms with Crippen LogP contribution in [0.25, 0.3) is 0 Å². The molecule has 1 fully saturated rings. The average molecular weight is 270 g/mol. The lowest BCUT2D eigenvalue weighted by Crippen LogP contribution is -2.25. The number of hydrogen-bond donors (Lipinski definition) is 1. The molecule has 2 aliphatic heterocycles. The third-order valence-corrected chi connectivity index (χ3v) is 5.60. The number of aryl methyl sites for hydroxylation is 1. The minimum absolute atomic E-state index is 0.0673. The molecule has 1 aromatic rings. The minimum Gasteiger partial charge on any atom is -0.310 e. The number of sulfone groups is 1. The molecule has 6 nitrogen and oxygen atoms in total. The number of hydrogen-bond acceptors (Lipinski definition) is 5. The van der Waals surface area contributed by atoms with Crippen LogP contribution in [0.4, 0.5) is 0 Å². The van der Waals surface area contributed by atoms with Gasteiger partial charge in [-0.1, -0.05) is 0 Å². The maximum Gasteiger partial charge on any atom is 0.151 e. The largest absolute Gasteiger partial charge is 0.310 e. The molecular weight excluding hydrogens is 252 g/mol. The van der Waals surface area contributed by atoms with Crippen molar-refractivity contribution < 1.29 is 8.42 Å². The minimum atomic E-state index is -2.82. The van der Waals surface area contributed by atoms with Crippen LogP contribution in [0, 0.1) is 5.92 Å². The lowest BCUT2D eigenvalue weighted by molar-refractivity contribution is 0.370. The molecule has 2 unspecified atom stereocenters. The first-order valence-electron chi connectivity index (χ1n) is 6.44. The van der Waals surface area contributed by atoms with Crippen molar-refractivity contribution in [1.29, 1.82) is 0 Å². The molecule has 0 bridgehead atoms. The van der Waals surface area contributed by atoms with Crippen molar-refractivity contribution in [1.82, 2.24) is 14.8 Å². The topological polar surface area (TPSA) is 90.9 Å². The van der Waals surface area contributed by atoms with E-state index < -0.39 is 9.84 Å². The Balaban J connectivity index is 1.74. The van der Waals surface area contributed by atoms with Gasteiger partial charge in [-0.2, -0.15) is 5.10 Å². The fourth-order valence-corrected chi connectivity index (χ4v) is 4.67. The van der Waals surface area contributed by atoms with E-state index in [0.29, 0.717) is 12.2 Å². The first kappa shape index (κ1) is 12.1. The summed E-state index contributed by atoms with van der Waals surface area (Å²) in [5, 5.41) is 4.43. The van der Waals surface area contributed by atoms with E-state index in [1.165, 1.54) is 0 Å². The second kappa shape index (κ2) is 4.31. The lowest BCUT2D eigenvalue weighted by atomic mass is 10.1. The number of nitrogens with zero attached hydrogens (tertiary/aromatic N) is 3. The van der Waals surface area contributed by atoms with E-state index in [-0.39, 0.29) is 17.8 Å². The van der Waals surface area contributed by atoms with E-state index in [1.54, 1.807) is 0 Å². The van der Waals surface area contributed by atoms with Gasteiger partial charge in [0.25, 0.3) is 0 Å². The fourth-order valence-electron chi connectivity index (χ4n) is 2.81. The van der Waals surface area contributed by atoms with Gasteiger partial charge in [-0.25, -0.2) is 18.1 Å². The van der Waals surface area contributed by atoms with Crippen LogP contribution < -0.4 is 5.73 Å². The van der Waals surface area contributed by atoms with Gasteiger partial charge in [0.15, 0.2) is 15.7 Å². The zero-order chi connectivity index (χ0) is 12.8. The second-order valence-electron chi connectivity index (χ2n) is 5.32. The Morgan fingerprint density at radius 1 is 1.39 bits per heavy atom. The first-order chi connectivity index (χ1) is 8.53. The molecule has 2 atom stereocenters. The predicted molar refractivity (Wildman–Crippen MR) is 66.6 cm³/mol. The Kier molecular flexibility index (Phi) is 2.90. The number of nitrogens with two attached hydrogens (primary N) is 1. The van der Waals surface area contributed by atoms with E-state index in [4.69, 9.17) is 5.73 Å². The van der Waals surface area contributed by atoms with Gasteiger partial charge in [-0.3, -0.25) is 0 Å². The summed E-state index contributed by atoms with van der Waals surface area (Å²) in [7, 11) is -2.82. The normalized spacial score (nSPS) is 30.3. The van der Waals surface area contributed by atoms with Gasteiger partial charge in [0.2, 0.25) is 0 Å². The van der Waals surface area contributed by atoms with Crippen molar-refractivity contribution >= 4 is 9.84 Å². The van der Waals surface area contributed by atoms with Crippen LogP contribution in [0.15, 0.2) is 0 Å². The van der Waals surface area contributed by atoms with Gasteiger partial charge in [0.05, 0.1) is 11.5 Å². The third-order valence-electron chi connectivity index (χ3n) is 3.76. The van der Waals surface area contributed by atoms with Crippen molar-refractivity contribution in [2.45, 2.75) is 38.3 Å². The summed E-state index contributed by atoms with van der Waals surface area (Å²) in [6.45, 7) is 0. The smallest absolute Gasteiger partial charge is 0.151 e. The van der Waals surface area contributed by atoms with E-state index in [9.17, 15) is 8.42 Å². The summed E-state index contributed by atoms with van der Waals surface area (Å²) in [5.74, 6) is 2.47. The van der Waals surface area contributed by atoms with Gasteiger partial charge < -0.3 is 5.73 Å². The van der Waals surface area contributed by atoms with Gasteiger partial charge in [0, 0.05) is 12.8 Å².